The van der Waals surface area contributed by atoms with Crippen molar-refractivity contribution in [1.82, 2.24) is 4.90 Å². The number of fused-ring (bicyclic) bond motifs is 2. The van der Waals surface area contributed by atoms with Gasteiger partial charge < -0.3 is 4.42 Å². The summed E-state index contributed by atoms with van der Waals surface area (Å²) in [6.07, 6.45) is 7.42. The average Bonchev–Trinajstić information content (AvgIpc) is 3.16. The molecule has 0 aliphatic heterocycles. The molecule has 2 nitrogen and oxygen atoms in total. The van der Waals surface area contributed by atoms with Gasteiger partial charge in [-0.15, -0.1) is 0 Å². The number of hydrogen-bond donors (Lipinski definition) is 0. The highest BCUT2D eigenvalue weighted by atomic mass is 16.3. The summed E-state index contributed by atoms with van der Waals surface area (Å²) in [5, 5.41) is 0. The molecule has 0 saturated heterocycles. The van der Waals surface area contributed by atoms with Gasteiger partial charge in [0.05, 0.1) is 6.54 Å². The van der Waals surface area contributed by atoms with E-state index in [1.165, 1.54) is 60.8 Å². The Balaban J connectivity index is 1.57. The maximum Gasteiger partial charge on any atom is 0.118 e. The summed E-state index contributed by atoms with van der Waals surface area (Å²) in [6, 6.07) is 23.3. The summed E-state index contributed by atoms with van der Waals surface area (Å²) in [6.45, 7) is 2.92. The number of aryl methyl sites for hydroxylation is 3. The topological polar surface area (TPSA) is 16.4 Å². The van der Waals surface area contributed by atoms with Gasteiger partial charge in [0.1, 0.15) is 11.5 Å². The zero-order valence-electron chi connectivity index (χ0n) is 16.7. The van der Waals surface area contributed by atoms with E-state index in [-0.39, 0.29) is 0 Å². The molecule has 1 aromatic heterocycles. The predicted octanol–water partition coefficient (Wildman–Crippen LogP) is 6.55. The van der Waals surface area contributed by atoms with Crippen LogP contribution >= 0.6 is 0 Å². The summed E-state index contributed by atoms with van der Waals surface area (Å²) in [7, 11) is 0. The van der Waals surface area contributed by atoms with Gasteiger partial charge in [-0.3, -0.25) is 4.90 Å². The molecule has 0 N–H and O–H groups in total. The monoisotopic (exact) mass is 371 g/mol. The largest absolute Gasteiger partial charge is 0.465 e. The molecule has 2 aliphatic rings. The quantitative estimate of drug-likeness (QED) is 0.517. The van der Waals surface area contributed by atoms with Crippen molar-refractivity contribution in [2.24, 2.45) is 0 Å². The average molecular weight is 372 g/mol. The normalized spacial score (nSPS) is 21.4. The van der Waals surface area contributed by atoms with Gasteiger partial charge in [0, 0.05) is 12.1 Å². The SMILES string of the molecule is Cc1ccc(CN([C@@H]2CCCc3ccccc32)[C@@H]2CCCc3ccccc32)o1. The zero-order chi connectivity index (χ0) is 18.9. The van der Waals surface area contributed by atoms with Gasteiger partial charge in [-0.1, -0.05) is 48.5 Å². The molecule has 5 rings (SSSR count). The van der Waals surface area contributed by atoms with Crippen molar-refractivity contribution in [2.75, 3.05) is 0 Å². The maximum atomic E-state index is 6.03. The molecule has 28 heavy (non-hydrogen) atoms. The second-order valence-corrected chi connectivity index (χ2v) is 8.40. The Kier molecular flexibility index (Phi) is 4.82. The molecule has 144 valence electrons. The van der Waals surface area contributed by atoms with Crippen LogP contribution in [0.1, 0.15) is 71.5 Å². The minimum atomic E-state index is 0.464. The second-order valence-electron chi connectivity index (χ2n) is 8.40. The first kappa shape index (κ1) is 17.8. The molecule has 1 heterocycles. The Hall–Kier alpha value is -2.32. The lowest BCUT2D eigenvalue weighted by Gasteiger charge is -2.43. The highest BCUT2D eigenvalue weighted by Crippen LogP contribution is 2.44. The van der Waals surface area contributed by atoms with Crippen LogP contribution in [-0.2, 0) is 19.4 Å². The molecule has 0 unspecified atom stereocenters. The van der Waals surface area contributed by atoms with Crippen molar-refractivity contribution >= 4 is 0 Å². The molecule has 0 amide bonds. The fourth-order valence-electron chi connectivity index (χ4n) is 5.33. The number of benzene rings is 2. The fourth-order valence-corrected chi connectivity index (χ4v) is 5.33. The molecular weight excluding hydrogens is 342 g/mol. The van der Waals surface area contributed by atoms with E-state index in [4.69, 9.17) is 4.42 Å². The fraction of sp³-hybridized carbons (Fsp3) is 0.385. The van der Waals surface area contributed by atoms with Crippen LogP contribution in [0.2, 0.25) is 0 Å². The highest BCUT2D eigenvalue weighted by Gasteiger charge is 2.34. The van der Waals surface area contributed by atoms with E-state index < -0.39 is 0 Å². The molecule has 0 radical (unpaired) electrons. The molecule has 2 atom stereocenters. The van der Waals surface area contributed by atoms with Crippen molar-refractivity contribution < 1.29 is 4.42 Å². The summed E-state index contributed by atoms with van der Waals surface area (Å²) >= 11 is 0. The first-order chi connectivity index (χ1) is 13.8. The first-order valence-corrected chi connectivity index (χ1v) is 10.8. The van der Waals surface area contributed by atoms with Crippen LogP contribution in [0.25, 0.3) is 0 Å². The Morgan fingerprint density at radius 3 is 1.89 bits per heavy atom. The van der Waals surface area contributed by atoms with Crippen LogP contribution in [0.4, 0.5) is 0 Å². The molecule has 0 bridgehead atoms. The molecule has 0 fully saturated rings. The maximum absolute atomic E-state index is 6.03. The molecule has 3 aromatic rings. The first-order valence-electron chi connectivity index (χ1n) is 10.8. The van der Waals surface area contributed by atoms with Crippen molar-refractivity contribution in [1.29, 1.82) is 0 Å². The predicted molar refractivity (Wildman–Crippen MR) is 113 cm³/mol. The van der Waals surface area contributed by atoms with Crippen molar-refractivity contribution in [3.8, 4) is 0 Å². The van der Waals surface area contributed by atoms with Crippen LogP contribution < -0.4 is 0 Å². The van der Waals surface area contributed by atoms with Crippen molar-refractivity contribution in [3.05, 3.63) is 94.4 Å². The van der Waals surface area contributed by atoms with Gasteiger partial charge in [-0.05, 0) is 79.8 Å². The summed E-state index contributed by atoms with van der Waals surface area (Å²) in [5.74, 6) is 2.09. The highest BCUT2D eigenvalue weighted by molar-refractivity contribution is 5.35. The van der Waals surface area contributed by atoms with Crippen LogP contribution in [0, 0.1) is 6.92 Å². The third kappa shape index (κ3) is 3.31. The Bertz CT molecular complexity index is 899. The number of rotatable bonds is 4. The second kappa shape index (κ2) is 7.60. The zero-order valence-corrected chi connectivity index (χ0v) is 16.7. The number of hydrogen-bond acceptors (Lipinski definition) is 2. The van der Waals surface area contributed by atoms with E-state index in [9.17, 15) is 0 Å². The molecule has 2 heteroatoms. The molecule has 0 saturated carbocycles. The number of nitrogens with zero attached hydrogens (tertiary/aromatic N) is 1. The van der Waals surface area contributed by atoms with E-state index >= 15 is 0 Å². The molecule has 2 aromatic carbocycles. The minimum absolute atomic E-state index is 0.464. The van der Waals surface area contributed by atoms with E-state index in [0.29, 0.717) is 12.1 Å². The standard InChI is InChI=1S/C26H29NO/c1-19-16-17-22(28-19)18-27(25-14-6-10-20-8-2-4-12-23(20)25)26-15-7-11-21-9-3-5-13-24(21)26/h2-5,8-9,12-13,16-17,25-26H,6-7,10-11,14-15,18H2,1H3/t25-,26-/m1/s1. The lowest BCUT2D eigenvalue weighted by atomic mass is 9.82. The summed E-state index contributed by atoms with van der Waals surface area (Å²) in [4.78, 5) is 2.74. The molecule has 0 spiro atoms. The smallest absolute Gasteiger partial charge is 0.118 e. The third-order valence-electron chi connectivity index (χ3n) is 6.61. The van der Waals surface area contributed by atoms with Gasteiger partial charge >= 0.3 is 0 Å². The summed E-state index contributed by atoms with van der Waals surface area (Å²) < 4.78 is 6.03. The lowest BCUT2D eigenvalue weighted by molar-refractivity contribution is 0.0887. The molecular formula is C26H29NO. The van der Waals surface area contributed by atoms with Crippen molar-refractivity contribution in [2.45, 2.75) is 64.1 Å². The third-order valence-corrected chi connectivity index (χ3v) is 6.61. The van der Waals surface area contributed by atoms with Gasteiger partial charge in [-0.2, -0.15) is 0 Å². The summed E-state index contributed by atoms with van der Waals surface area (Å²) in [5.41, 5.74) is 6.12. The van der Waals surface area contributed by atoms with Crippen LogP contribution in [0.5, 0.6) is 0 Å². The molecule has 2 aliphatic carbocycles. The van der Waals surface area contributed by atoms with Crippen LogP contribution in [0.3, 0.4) is 0 Å². The van der Waals surface area contributed by atoms with E-state index in [1.54, 1.807) is 0 Å². The Morgan fingerprint density at radius 1 is 0.786 bits per heavy atom. The van der Waals surface area contributed by atoms with Gasteiger partial charge in [0.15, 0.2) is 0 Å². The van der Waals surface area contributed by atoms with Crippen molar-refractivity contribution in [3.63, 3.8) is 0 Å². The van der Waals surface area contributed by atoms with Gasteiger partial charge in [-0.25, -0.2) is 0 Å². The van der Waals surface area contributed by atoms with E-state index in [2.05, 4.69) is 65.6 Å². The van der Waals surface area contributed by atoms with Gasteiger partial charge in [0.25, 0.3) is 0 Å². The Labute approximate surface area is 168 Å². The van der Waals surface area contributed by atoms with E-state index in [1.807, 2.05) is 6.92 Å². The van der Waals surface area contributed by atoms with Gasteiger partial charge in [0.2, 0.25) is 0 Å². The number of furan rings is 1. The van der Waals surface area contributed by atoms with Crippen LogP contribution in [0.15, 0.2) is 65.1 Å². The van der Waals surface area contributed by atoms with Crippen LogP contribution in [-0.4, -0.2) is 4.90 Å². The van der Waals surface area contributed by atoms with E-state index in [0.717, 1.165) is 18.1 Å². The Morgan fingerprint density at radius 2 is 1.36 bits per heavy atom. The minimum Gasteiger partial charge on any atom is -0.465 e. The lowest BCUT2D eigenvalue weighted by Crippen LogP contribution is -2.36.